The van der Waals surface area contributed by atoms with Gasteiger partial charge in [0.05, 0.1) is 17.7 Å². The average Bonchev–Trinajstić information content (AvgIpc) is 3.20. The van der Waals surface area contributed by atoms with Gasteiger partial charge < -0.3 is 15.2 Å². The number of piperidine rings is 2. The number of amidine groups is 1. The molecule has 6 atom stereocenters. The van der Waals surface area contributed by atoms with Gasteiger partial charge in [-0.05, 0) is 36.5 Å². The molecule has 39 heavy (non-hydrogen) atoms. The van der Waals surface area contributed by atoms with Crippen LogP contribution in [0.5, 0.6) is 0 Å². The lowest BCUT2D eigenvalue weighted by molar-refractivity contribution is -0.139. The fourth-order valence-electron chi connectivity index (χ4n) is 6.49. The van der Waals surface area contributed by atoms with Crippen LogP contribution in [0.1, 0.15) is 42.3 Å². The van der Waals surface area contributed by atoms with Crippen LogP contribution in [0.25, 0.3) is 0 Å². The maximum Gasteiger partial charge on any atom is 0.338 e. The quantitative estimate of drug-likeness (QED) is 0.473. The molecule has 1 aromatic carbocycles. The van der Waals surface area contributed by atoms with Crippen LogP contribution in [0.2, 0.25) is 5.02 Å². The molecule has 3 fully saturated rings. The van der Waals surface area contributed by atoms with Crippen molar-refractivity contribution in [3.05, 3.63) is 62.5 Å². The van der Waals surface area contributed by atoms with Gasteiger partial charge in [-0.3, -0.25) is 14.7 Å². The van der Waals surface area contributed by atoms with Gasteiger partial charge in [-0.2, -0.15) is 0 Å². The second kappa shape index (κ2) is 9.31. The number of carboxylic acids is 1. The van der Waals surface area contributed by atoms with Gasteiger partial charge in [0.25, 0.3) is 0 Å². The molecule has 2 saturated heterocycles. The molecule has 13 heteroatoms. The number of aliphatic carboxylic acids is 1. The number of nitrogens with one attached hydrogen (secondary N) is 1. The van der Waals surface area contributed by atoms with Gasteiger partial charge in [-0.25, -0.2) is 22.9 Å². The summed E-state index contributed by atoms with van der Waals surface area (Å²) in [6, 6.07) is 1.39. The lowest BCUT2D eigenvalue weighted by Gasteiger charge is -2.42. The van der Waals surface area contributed by atoms with Crippen molar-refractivity contribution >= 4 is 40.7 Å². The van der Waals surface area contributed by atoms with Gasteiger partial charge in [-0.15, -0.1) is 11.3 Å². The molecular weight excluding hydrogens is 557 g/mol. The number of methoxy groups -OCH3 is 1. The molecule has 8 nitrogen and oxygen atoms in total. The molecule has 2 aromatic rings. The second-order valence-electron chi connectivity index (χ2n) is 10.4. The topological polar surface area (TPSA) is 104 Å². The zero-order valence-electron chi connectivity index (χ0n) is 20.7. The number of thiazole rings is 1. The second-order valence-corrected chi connectivity index (χ2v) is 11.7. The smallest absolute Gasteiger partial charge is 0.338 e. The Morgan fingerprint density at radius 3 is 2.59 bits per heavy atom. The Labute approximate surface area is 230 Å². The molecule has 4 heterocycles. The van der Waals surface area contributed by atoms with E-state index in [9.17, 15) is 19.1 Å². The highest BCUT2D eigenvalue weighted by atomic mass is 35.5. The summed E-state index contributed by atoms with van der Waals surface area (Å²) in [5, 5.41) is 14.6. The van der Waals surface area contributed by atoms with E-state index in [-0.39, 0.29) is 48.7 Å². The standard InChI is InChI=1S/C26H24ClF3N4O4S/c1-38-24(37)20-16(10-34-17-6-12(8-19(35)36)7-18(34)26(30)11-25(17,26)29)32-22(23-31-4-5-39-23)33-21(20)13-2-3-14(27)15(28)9-13/h2-5,9,12,17-18,21H,6-8,10-11H2,1H3,(H,32,33)(H,35,36)/t12-,17-,18+,21-,25?,26?/m0/s1. The number of fused-ring (bicyclic) bond motifs is 5. The molecule has 0 amide bonds. The first kappa shape index (κ1) is 26.3. The third kappa shape index (κ3) is 4.15. The van der Waals surface area contributed by atoms with Gasteiger partial charge in [0.1, 0.15) is 11.9 Å². The summed E-state index contributed by atoms with van der Waals surface area (Å²) in [5.74, 6) is -2.47. The predicted molar refractivity (Wildman–Crippen MR) is 137 cm³/mol. The third-order valence-corrected chi connectivity index (χ3v) is 9.37. The van der Waals surface area contributed by atoms with Crippen molar-refractivity contribution in [3.63, 3.8) is 0 Å². The Morgan fingerprint density at radius 2 is 2.00 bits per heavy atom. The van der Waals surface area contributed by atoms with Crippen molar-refractivity contribution in [1.29, 1.82) is 0 Å². The number of ether oxygens (including phenoxy) is 1. The number of carbonyl (C=O) groups is 2. The molecule has 0 spiro atoms. The van der Waals surface area contributed by atoms with Crippen molar-refractivity contribution in [2.75, 3.05) is 13.7 Å². The monoisotopic (exact) mass is 580 g/mol. The van der Waals surface area contributed by atoms with E-state index in [1.807, 2.05) is 0 Å². The first-order valence-corrected chi connectivity index (χ1v) is 13.7. The molecule has 1 aromatic heterocycles. The number of halogens is 4. The molecule has 2 N–H and O–H groups in total. The van der Waals surface area contributed by atoms with E-state index in [1.54, 1.807) is 22.5 Å². The summed E-state index contributed by atoms with van der Waals surface area (Å²) in [4.78, 5) is 35.1. The Kier molecular flexibility index (Phi) is 6.27. The normalized spacial score (nSPS) is 33.3. The predicted octanol–water partition coefficient (Wildman–Crippen LogP) is 4.21. The zero-order chi connectivity index (χ0) is 27.7. The van der Waals surface area contributed by atoms with Gasteiger partial charge >= 0.3 is 11.9 Å². The number of nitrogens with zero attached hydrogens (tertiary/aromatic N) is 3. The van der Waals surface area contributed by atoms with E-state index < -0.39 is 47.2 Å². The largest absolute Gasteiger partial charge is 0.481 e. The SMILES string of the molecule is COC(=O)C1=C(CN2[C@H]3C[C@H](CC(=O)O)C[C@@H]2C2(F)CC32F)NC(c2nccs2)=N[C@H]1c1ccc(Cl)c(F)c1. The van der Waals surface area contributed by atoms with Crippen molar-refractivity contribution < 1.29 is 32.6 Å². The number of alkyl halides is 2. The highest BCUT2D eigenvalue weighted by Gasteiger charge is 2.85. The van der Waals surface area contributed by atoms with Gasteiger partial charge in [0, 0.05) is 48.7 Å². The first-order chi connectivity index (χ1) is 18.6. The van der Waals surface area contributed by atoms with Crippen molar-refractivity contribution in [2.24, 2.45) is 10.9 Å². The van der Waals surface area contributed by atoms with Crippen molar-refractivity contribution in [3.8, 4) is 0 Å². The van der Waals surface area contributed by atoms with Crippen molar-refractivity contribution in [1.82, 2.24) is 15.2 Å². The molecule has 0 radical (unpaired) electrons. The number of rotatable bonds is 7. The van der Waals surface area contributed by atoms with Crippen LogP contribution in [-0.4, -0.2) is 69.8 Å². The van der Waals surface area contributed by atoms with Crippen LogP contribution < -0.4 is 5.32 Å². The maximum absolute atomic E-state index is 15.8. The van der Waals surface area contributed by atoms with Crippen LogP contribution in [-0.2, 0) is 14.3 Å². The number of aliphatic imine (C=N–C) groups is 1. The lowest BCUT2D eigenvalue weighted by atomic mass is 9.84. The van der Waals surface area contributed by atoms with Crippen LogP contribution in [0, 0.1) is 11.7 Å². The number of benzene rings is 1. The van der Waals surface area contributed by atoms with E-state index in [4.69, 9.17) is 16.3 Å². The molecule has 3 aliphatic heterocycles. The van der Waals surface area contributed by atoms with E-state index >= 15 is 8.78 Å². The fourth-order valence-corrected chi connectivity index (χ4v) is 7.20. The summed E-state index contributed by atoms with van der Waals surface area (Å²) in [5.41, 5.74) is -3.43. The van der Waals surface area contributed by atoms with E-state index in [2.05, 4.69) is 15.3 Å². The highest BCUT2D eigenvalue weighted by molar-refractivity contribution is 7.11. The van der Waals surface area contributed by atoms with Crippen molar-refractivity contribution in [2.45, 2.75) is 55.1 Å². The molecule has 6 rings (SSSR count). The first-order valence-electron chi connectivity index (χ1n) is 12.4. The minimum absolute atomic E-state index is 0.0478. The van der Waals surface area contributed by atoms with Gasteiger partial charge in [0.2, 0.25) is 0 Å². The number of aromatic nitrogens is 1. The molecule has 4 aliphatic rings. The summed E-state index contributed by atoms with van der Waals surface area (Å²) in [7, 11) is 1.20. The zero-order valence-corrected chi connectivity index (χ0v) is 22.2. The fraction of sp³-hybridized carbons (Fsp3) is 0.462. The average molecular weight is 581 g/mol. The molecule has 206 valence electrons. The molecule has 1 saturated carbocycles. The van der Waals surface area contributed by atoms with E-state index in [0.717, 1.165) is 0 Å². The summed E-state index contributed by atoms with van der Waals surface area (Å²) < 4.78 is 51.2. The third-order valence-electron chi connectivity index (χ3n) is 8.28. The maximum atomic E-state index is 15.8. The van der Waals surface area contributed by atoms with Crippen LogP contribution in [0.15, 0.2) is 46.0 Å². The Hall–Kier alpha value is -2.96. The lowest BCUT2D eigenvalue weighted by Crippen LogP contribution is -2.52. The summed E-state index contributed by atoms with van der Waals surface area (Å²) >= 11 is 7.18. The summed E-state index contributed by atoms with van der Waals surface area (Å²) in [6.45, 7) is -0.0478. The Bertz CT molecular complexity index is 1400. The van der Waals surface area contributed by atoms with Crippen LogP contribution in [0.3, 0.4) is 0 Å². The molecule has 2 bridgehead atoms. The number of carboxylic acid groups (broad SMARTS) is 1. The van der Waals surface area contributed by atoms with Gasteiger partial charge in [-0.1, -0.05) is 17.7 Å². The Morgan fingerprint density at radius 1 is 1.28 bits per heavy atom. The Balaban J connectivity index is 1.42. The minimum Gasteiger partial charge on any atom is -0.481 e. The number of carbonyl (C=O) groups excluding carboxylic acids is 1. The van der Waals surface area contributed by atoms with E-state index in [0.29, 0.717) is 22.1 Å². The molecular formula is C26H24ClF3N4O4S. The molecule has 1 aliphatic carbocycles. The molecule has 2 unspecified atom stereocenters. The van der Waals surface area contributed by atoms with E-state index in [1.165, 1.54) is 30.6 Å². The number of hydrogen-bond acceptors (Lipinski definition) is 8. The number of hydrogen-bond donors (Lipinski definition) is 2. The summed E-state index contributed by atoms with van der Waals surface area (Å²) in [6.07, 6.45) is 1.57. The highest BCUT2D eigenvalue weighted by Crippen LogP contribution is 2.70. The van der Waals surface area contributed by atoms with Crippen LogP contribution in [0.4, 0.5) is 13.2 Å². The number of esters is 1. The van der Waals surface area contributed by atoms with Crippen LogP contribution >= 0.6 is 22.9 Å². The minimum atomic E-state index is -2.07. The van der Waals surface area contributed by atoms with Gasteiger partial charge in [0.15, 0.2) is 22.2 Å².